The predicted octanol–water partition coefficient (Wildman–Crippen LogP) is 3.60. The molecule has 0 bridgehead atoms. The quantitative estimate of drug-likeness (QED) is 0.623. The summed E-state index contributed by atoms with van der Waals surface area (Å²) >= 11 is 2.42. The van der Waals surface area contributed by atoms with Crippen molar-refractivity contribution in [1.29, 1.82) is 0 Å². The number of nitrogens with zero attached hydrogens (tertiary/aromatic N) is 1. The third-order valence-electron chi connectivity index (χ3n) is 2.32. The minimum absolute atomic E-state index is 1.11. The van der Waals surface area contributed by atoms with Crippen LogP contribution in [0.5, 0.6) is 0 Å². The topological polar surface area (TPSA) is 12.9 Å². The lowest BCUT2D eigenvalue weighted by atomic mass is 10.1. The predicted molar refractivity (Wildman–Crippen MR) is 69.0 cm³/mol. The Kier molecular flexibility index (Phi) is 3.35. The van der Waals surface area contributed by atoms with Gasteiger partial charge in [0.2, 0.25) is 0 Å². The minimum Gasteiger partial charge on any atom is -0.256 e. The fourth-order valence-corrected chi connectivity index (χ4v) is 2.01. The molecule has 0 amide bonds. The molecular formula is C12H12IN. The number of hydrogen-bond donors (Lipinski definition) is 0. The van der Waals surface area contributed by atoms with E-state index in [0.29, 0.717) is 0 Å². The van der Waals surface area contributed by atoms with Crippen molar-refractivity contribution in [3.8, 4) is 0 Å². The average Bonchev–Trinajstić information content (AvgIpc) is 2.26. The highest BCUT2D eigenvalue weighted by molar-refractivity contribution is 14.1. The molecule has 2 aromatic rings. The molecule has 0 saturated heterocycles. The highest BCUT2D eigenvalue weighted by atomic mass is 127. The van der Waals surface area contributed by atoms with Gasteiger partial charge in [-0.05, 0) is 35.0 Å². The van der Waals surface area contributed by atoms with Crippen LogP contribution in [0.2, 0.25) is 0 Å². The van der Waals surface area contributed by atoms with Crippen LogP contribution in [-0.4, -0.2) is 9.41 Å². The highest BCUT2D eigenvalue weighted by Crippen LogP contribution is 2.17. The molecule has 2 rings (SSSR count). The molecular weight excluding hydrogens is 285 g/mol. The lowest BCUT2D eigenvalue weighted by Gasteiger charge is -2.03. The number of alkyl halides is 1. The lowest BCUT2D eigenvalue weighted by Crippen LogP contribution is -1.89. The van der Waals surface area contributed by atoms with Crippen molar-refractivity contribution >= 4 is 33.5 Å². The summed E-state index contributed by atoms with van der Waals surface area (Å²) in [7, 11) is 0. The number of aryl methyl sites for hydroxylation is 1. The van der Waals surface area contributed by atoms with Crippen molar-refractivity contribution in [1.82, 2.24) is 4.98 Å². The monoisotopic (exact) mass is 297 g/mol. The summed E-state index contributed by atoms with van der Waals surface area (Å²) in [6, 6.07) is 10.5. The molecule has 0 atom stereocenters. The normalized spacial score (nSPS) is 10.6. The summed E-state index contributed by atoms with van der Waals surface area (Å²) in [4.78, 5) is 4.35. The molecule has 2 heteroatoms. The number of benzene rings is 1. The Morgan fingerprint density at radius 1 is 1.14 bits per heavy atom. The van der Waals surface area contributed by atoms with E-state index >= 15 is 0 Å². The summed E-state index contributed by atoms with van der Waals surface area (Å²) < 4.78 is 1.22. The van der Waals surface area contributed by atoms with Gasteiger partial charge >= 0.3 is 0 Å². The zero-order chi connectivity index (χ0) is 9.80. The third kappa shape index (κ3) is 2.05. The van der Waals surface area contributed by atoms with Crippen LogP contribution in [-0.2, 0) is 6.42 Å². The lowest BCUT2D eigenvalue weighted by molar-refractivity contribution is 0.952. The highest BCUT2D eigenvalue weighted by Gasteiger charge is 1.99. The maximum absolute atomic E-state index is 4.35. The molecule has 0 aliphatic heterocycles. The Labute approximate surface area is 97.7 Å². The summed E-state index contributed by atoms with van der Waals surface area (Å²) in [5.74, 6) is 0. The van der Waals surface area contributed by atoms with Crippen LogP contribution in [0, 0.1) is 0 Å². The van der Waals surface area contributed by atoms with E-state index < -0.39 is 0 Å². The molecule has 0 saturated carbocycles. The van der Waals surface area contributed by atoms with E-state index in [2.05, 4.69) is 51.8 Å². The van der Waals surface area contributed by atoms with Crippen LogP contribution < -0.4 is 0 Å². The molecule has 1 aromatic carbocycles. The number of aromatic nitrogens is 1. The molecule has 0 spiro atoms. The molecule has 0 unspecified atom stereocenters. The van der Waals surface area contributed by atoms with Gasteiger partial charge in [0, 0.05) is 11.6 Å². The minimum atomic E-state index is 1.11. The molecule has 0 N–H and O–H groups in total. The number of rotatable bonds is 3. The van der Waals surface area contributed by atoms with Crippen molar-refractivity contribution in [3.05, 3.63) is 42.1 Å². The maximum atomic E-state index is 4.35. The van der Waals surface area contributed by atoms with E-state index in [9.17, 15) is 0 Å². The molecule has 1 heterocycles. The van der Waals surface area contributed by atoms with Gasteiger partial charge in [-0.2, -0.15) is 0 Å². The van der Waals surface area contributed by atoms with Crippen molar-refractivity contribution in [3.63, 3.8) is 0 Å². The molecule has 0 radical (unpaired) electrons. The van der Waals surface area contributed by atoms with E-state index in [1.54, 1.807) is 0 Å². The van der Waals surface area contributed by atoms with Crippen LogP contribution in [0.4, 0.5) is 0 Å². The Morgan fingerprint density at radius 2 is 2.00 bits per heavy atom. The van der Waals surface area contributed by atoms with Gasteiger partial charge < -0.3 is 0 Å². The number of para-hydroxylation sites is 1. The Bertz CT molecular complexity index is 420. The first-order valence-electron chi connectivity index (χ1n) is 4.80. The van der Waals surface area contributed by atoms with E-state index in [1.807, 2.05) is 12.3 Å². The smallest absolute Gasteiger partial charge is 0.0704 e. The molecule has 0 fully saturated rings. The summed E-state index contributed by atoms with van der Waals surface area (Å²) in [6.07, 6.45) is 4.31. The number of pyridine rings is 1. The van der Waals surface area contributed by atoms with Crippen LogP contribution in [0.1, 0.15) is 12.0 Å². The van der Waals surface area contributed by atoms with Gasteiger partial charge in [-0.15, -0.1) is 0 Å². The van der Waals surface area contributed by atoms with E-state index in [4.69, 9.17) is 0 Å². The van der Waals surface area contributed by atoms with Gasteiger partial charge in [-0.1, -0.05) is 40.8 Å². The van der Waals surface area contributed by atoms with Gasteiger partial charge in [-0.25, -0.2) is 0 Å². The first kappa shape index (κ1) is 9.90. The van der Waals surface area contributed by atoms with Crippen molar-refractivity contribution in [2.75, 3.05) is 4.43 Å². The second-order valence-electron chi connectivity index (χ2n) is 3.28. The van der Waals surface area contributed by atoms with Crippen LogP contribution in [0.15, 0.2) is 36.5 Å². The summed E-state index contributed by atoms with van der Waals surface area (Å²) in [5, 5.41) is 1.31. The molecule has 14 heavy (non-hydrogen) atoms. The van der Waals surface area contributed by atoms with E-state index in [1.165, 1.54) is 21.8 Å². The fraction of sp³-hybridized carbons (Fsp3) is 0.250. The fourth-order valence-electron chi connectivity index (χ4n) is 1.63. The number of halogens is 1. The average molecular weight is 297 g/mol. The van der Waals surface area contributed by atoms with E-state index in [-0.39, 0.29) is 0 Å². The maximum Gasteiger partial charge on any atom is 0.0704 e. The van der Waals surface area contributed by atoms with Crippen LogP contribution >= 0.6 is 22.6 Å². The molecule has 1 nitrogen and oxygen atoms in total. The van der Waals surface area contributed by atoms with Gasteiger partial charge in [0.25, 0.3) is 0 Å². The molecule has 1 aromatic heterocycles. The van der Waals surface area contributed by atoms with Crippen molar-refractivity contribution in [2.24, 2.45) is 0 Å². The summed E-state index contributed by atoms with van der Waals surface area (Å²) in [5.41, 5.74) is 2.53. The van der Waals surface area contributed by atoms with E-state index in [0.717, 1.165) is 11.9 Å². The zero-order valence-corrected chi connectivity index (χ0v) is 10.1. The molecule has 0 aliphatic carbocycles. The molecule has 72 valence electrons. The SMILES string of the molecule is ICCCc1ccnc2ccccc12. The third-order valence-corrected chi connectivity index (χ3v) is 3.08. The number of hydrogen-bond acceptors (Lipinski definition) is 1. The van der Waals surface area contributed by atoms with Gasteiger partial charge in [-0.3, -0.25) is 4.98 Å². The Morgan fingerprint density at radius 3 is 2.86 bits per heavy atom. The van der Waals surface area contributed by atoms with Crippen LogP contribution in [0.25, 0.3) is 10.9 Å². The Hall–Kier alpha value is -0.640. The second-order valence-corrected chi connectivity index (χ2v) is 4.36. The molecule has 0 aliphatic rings. The van der Waals surface area contributed by atoms with Gasteiger partial charge in [0.05, 0.1) is 5.52 Å². The number of fused-ring (bicyclic) bond motifs is 1. The van der Waals surface area contributed by atoms with Crippen molar-refractivity contribution in [2.45, 2.75) is 12.8 Å². The first-order chi connectivity index (χ1) is 6.92. The van der Waals surface area contributed by atoms with Crippen LogP contribution in [0.3, 0.4) is 0 Å². The standard InChI is InChI=1S/C12H12IN/c13-8-3-4-10-7-9-14-12-6-2-1-5-11(10)12/h1-2,5-7,9H,3-4,8H2. The zero-order valence-electron chi connectivity index (χ0n) is 7.91. The van der Waals surface area contributed by atoms with Gasteiger partial charge in [0.1, 0.15) is 0 Å². The van der Waals surface area contributed by atoms with Gasteiger partial charge in [0.15, 0.2) is 0 Å². The summed E-state index contributed by atoms with van der Waals surface area (Å²) in [6.45, 7) is 0. The van der Waals surface area contributed by atoms with Crippen molar-refractivity contribution < 1.29 is 0 Å². The largest absolute Gasteiger partial charge is 0.256 e. The Balaban J connectivity index is 2.43. The second kappa shape index (κ2) is 4.73. The first-order valence-corrected chi connectivity index (χ1v) is 6.33.